The van der Waals surface area contributed by atoms with Gasteiger partial charge in [-0.05, 0) is 25.6 Å². The number of thioether (sulfide) groups is 1. The van der Waals surface area contributed by atoms with Crippen LogP contribution < -0.4 is 5.32 Å². The average molecular weight is 189 g/mol. The third-order valence-corrected chi connectivity index (χ3v) is 2.74. The molecular weight excluding hydrogens is 170 g/mol. The van der Waals surface area contributed by atoms with Gasteiger partial charge in [0.2, 0.25) is 0 Å². The predicted molar refractivity (Wildman–Crippen MR) is 54.8 cm³/mol. The molecule has 1 N–H and O–H groups in total. The lowest BCUT2D eigenvalue weighted by molar-refractivity contribution is 0.116. The molecule has 0 aromatic rings. The summed E-state index contributed by atoms with van der Waals surface area (Å²) in [6, 6.07) is 0.626. The highest BCUT2D eigenvalue weighted by molar-refractivity contribution is 7.98. The standard InChI is InChI=1S/C9H19NOS/c1-12-7-6-11-8-9-4-2-3-5-10-9/h9-10H,2-8H2,1H3. The first kappa shape index (κ1) is 10.4. The van der Waals surface area contributed by atoms with Crippen LogP contribution in [0.25, 0.3) is 0 Å². The summed E-state index contributed by atoms with van der Waals surface area (Å²) in [6.07, 6.45) is 6.10. The number of ether oxygens (including phenoxy) is 1. The second-order valence-corrected chi connectivity index (χ2v) is 4.20. The van der Waals surface area contributed by atoms with Gasteiger partial charge in [0.25, 0.3) is 0 Å². The van der Waals surface area contributed by atoms with Gasteiger partial charge in [-0.1, -0.05) is 6.42 Å². The van der Waals surface area contributed by atoms with Gasteiger partial charge in [0.05, 0.1) is 13.2 Å². The van der Waals surface area contributed by atoms with E-state index in [1.807, 2.05) is 11.8 Å². The summed E-state index contributed by atoms with van der Waals surface area (Å²) < 4.78 is 5.53. The van der Waals surface area contributed by atoms with E-state index >= 15 is 0 Å². The number of rotatable bonds is 5. The zero-order valence-electron chi connectivity index (χ0n) is 7.84. The molecule has 1 aliphatic heterocycles. The lowest BCUT2D eigenvalue weighted by Gasteiger charge is -2.23. The molecule has 12 heavy (non-hydrogen) atoms. The van der Waals surface area contributed by atoms with E-state index in [0.717, 1.165) is 19.0 Å². The van der Waals surface area contributed by atoms with Crippen molar-refractivity contribution in [3.05, 3.63) is 0 Å². The van der Waals surface area contributed by atoms with Crippen LogP contribution >= 0.6 is 11.8 Å². The highest BCUT2D eigenvalue weighted by atomic mass is 32.2. The molecule has 0 radical (unpaired) electrons. The Hall–Kier alpha value is 0.270. The first-order valence-corrected chi connectivity index (χ1v) is 6.13. The number of hydrogen-bond acceptors (Lipinski definition) is 3. The molecule has 2 nitrogen and oxygen atoms in total. The molecule has 0 aliphatic carbocycles. The van der Waals surface area contributed by atoms with Crippen molar-refractivity contribution >= 4 is 11.8 Å². The van der Waals surface area contributed by atoms with Gasteiger partial charge in [0.15, 0.2) is 0 Å². The molecule has 1 aliphatic rings. The molecule has 0 bridgehead atoms. The fourth-order valence-electron chi connectivity index (χ4n) is 1.43. The van der Waals surface area contributed by atoms with Crippen LogP contribution in [0, 0.1) is 0 Å². The van der Waals surface area contributed by atoms with Crippen molar-refractivity contribution in [3.63, 3.8) is 0 Å². The summed E-state index contributed by atoms with van der Waals surface area (Å²) in [6.45, 7) is 2.98. The Kier molecular flexibility index (Phi) is 5.82. The Morgan fingerprint density at radius 3 is 3.08 bits per heavy atom. The minimum Gasteiger partial charge on any atom is -0.379 e. The van der Waals surface area contributed by atoms with E-state index in [2.05, 4.69) is 11.6 Å². The molecule has 0 spiro atoms. The first-order chi connectivity index (χ1) is 5.93. The Morgan fingerprint density at radius 2 is 2.42 bits per heavy atom. The second kappa shape index (κ2) is 6.75. The fraction of sp³-hybridized carbons (Fsp3) is 1.00. The lowest BCUT2D eigenvalue weighted by Crippen LogP contribution is -2.37. The van der Waals surface area contributed by atoms with E-state index in [1.54, 1.807) is 0 Å². The Morgan fingerprint density at radius 1 is 1.50 bits per heavy atom. The highest BCUT2D eigenvalue weighted by Crippen LogP contribution is 2.06. The van der Waals surface area contributed by atoms with Crippen LogP contribution in [-0.2, 0) is 4.74 Å². The average Bonchev–Trinajstić information content (AvgIpc) is 2.14. The first-order valence-electron chi connectivity index (χ1n) is 4.73. The quantitative estimate of drug-likeness (QED) is 0.662. The van der Waals surface area contributed by atoms with Gasteiger partial charge < -0.3 is 10.1 Å². The van der Waals surface area contributed by atoms with Crippen molar-refractivity contribution in [2.24, 2.45) is 0 Å². The summed E-state index contributed by atoms with van der Waals surface area (Å²) in [5, 5.41) is 3.46. The highest BCUT2D eigenvalue weighted by Gasteiger charge is 2.11. The second-order valence-electron chi connectivity index (χ2n) is 3.21. The summed E-state index contributed by atoms with van der Waals surface area (Å²) in [5.41, 5.74) is 0. The molecule has 0 aromatic heterocycles. The summed E-state index contributed by atoms with van der Waals surface area (Å²) in [7, 11) is 0. The van der Waals surface area contributed by atoms with E-state index in [0.29, 0.717) is 6.04 Å². The molecule has 1 rings (SSSR count). The Balaban J connectivity index is 1.91. The molecule has 0 saturated carbocycles. The van der Waals surface area contributed by atoms with Crippen molar-refractivity contribution in [3.8, 4) is 0 Å². The predicted octanol–water partition coefficient (Wildman–Crippen LogP) is 1.51. The van der Waals surface area contributed by atoms with Crippen LogP contribution in [0.2, 0.25) is 0 Å². The molecule has 3 heteroatoms. The molecule has 1 saturated heterocycles. The SMILES string of the molecule is CSCCOCC1CCCCN1. The van der Waals surface area contributed by atoms with Gasteiger partial charge in [0, 0.05) is 11.8 Å². The van der Waals surface area contributed by atoms with E-state index in [1.165, 1.54) is 25.8 Å². The van der Waals surface area contributed by atoms with E-state index in [4.69, 9.17) is 4.74 Å². The molecule has 72 valence electrons. The number of nitrogens with one attached hydrogen (secondary N) is 1. The van der Waals surface area contributed by atoms with E-state index in [-0.39, 0.29) is 0 Å². The molecule has 1 atom stereocenters. The maximum Gasteiger partial charge on any atom is 0.0619 e. The van der Waals surface area contributed by atoms with Gasteiger partial charge in [-0.25, -0.2) is 0 Å². The fourth-order valence-corrected chi connectivity index (χ4v) is 1.72. The van der Waals surface area contributed by atoms with Crippen LogP contribution in [0.5, 0.6) is 0 Å². The summed E-state index contributed by atoms with van der Waals surface area (Å²) in [5.74, 6) is 1.12. The maximum absolute atomic E-state index is 5.53. The monoisotopic (exact) mass is 189 g/mol. The molecule has 0 aromatic carbocycles. The number of hydrogen-bond donors (Lipinski definition) is 1. The molecule has 1 heterocycles. The van der Waals surface area contributed by atoms with E-state index < -0.39 is 0 Å². The molecule has 1 unspecified atom stereocenters. The Labute approximate surface area is 79.4 Å². The molecule has 0 amide bonds. The van der Waals surface area contributed by atoms with Crippen molar-refractivity contribution in [2.75, 3.05) is 31.8 Å². The van der Waals surface area contributed by atoms with Crippen molar-refractivity contribution in [1.29, 1.82) is 0 Å². The smallest absolute Gasteiger partial charge is 0.0619 e. The minimum absolute atomic E-state index is 0.626. The van der Waals surface area contributed by atoms with Crippen LogP contribution in [-0.4, -0.2) is 37.8 Å². The van der Waals surface area contributed by atoms with Crippen LogP contribution in [0.3, 0.4) is 0 Å². The molecule has 1 fully saturated rings. The summed E-state index contributed by atoms with van der Waals surface area (Å²) in [4.78, 5) is 0. The third kappa shape index (κ3) is 4.33. The van der Waals surface area contributed by atoms with Crippen molar-refractivity contribution < 1.29 is 4.74 Å². The van der Waals surface area contributed by atoms with Crippen molar-refractivity contribution in [1.82, 2.24) is 5.32 Å². The van der Waals surface area contributed by atoms with Crippen LogP contribution in [0.4, 0.5) is 0 Å². The summed E-state index contributed by atoms with van der Waals surface area (Å²) >= 11 is 1.84. The zero-order chi connectivity index (χ0) is 8.65. The van der Waals surface area contributed by atoms with Gasteiger partial charge in [-0.15, -0.1) is 0 Å². The van der Waals surface area contributed by atoms with Gasteiger partial charge in [-0.3, -0.25) is 0 Å². The largest absolute Gasteiger partial charge is 0.379 e. The van der Waals surface area contributed by atoms with Crippen LogP contribution in [0.1, 0.15) is 19.3 Å². The number of piperidine rings is 1. The normalized spacial score (nSPS) is 24.2. The van der Waals surface area contributed by atoms with Crippen molar-refractivity contribution in [2.45, 2.75) is 25.3 Å². The van der Waals surface area contributed by atoms with Gasteiger partial charge in [-0.2, -0.15) is 11.8 Å². The van der Waals surface area contributed by atoms with Crippen LogP contribution in [0.15, 0.2) is 0 Å². The lowest BCUT2D eigenvalue weighted by atomic mass is 10.1. The topological polar surface area (TPSA) is 21.3 Å². The van der Waals surface area contributed by atoms with Gasteiger partial charge >= 0.3 is 0 Å². The minimum atomic E-state index is 0.626. The molecular formula is C9H19NOS. The zero-order valence-corrected chi connectivity index (χ0v) is 8.66. The van der Waals surface area contributed by atoms with E-state index in [9.17, 15) is 0 Å². The third-order valence-electron chi connectivity index (χ3n) is 2.16. The Bertz CT molecular complexity index is 105. The maximum atomic E-state index is 5.53. The van der Waals surface area contributed by atoms with Gasteiger partial charge in [0.1, 0.15) is 0 Å².